The molecule has 4 aromatic rings. The van der Waals surface area contributed by atoms with Crippen LogP contribution in [0, 0.1) is 11.6 Å². The molecule has 0 unspecified atom stereocenters. The van der Waals surface area contributed by atoms with Gasteiger partial charge in [-0.15, -0.1) is 0 Å². The first-order valence-electron chi connectivity index (χ1n) is 9.90. The second kappa shape index (κ2) is 9.45. The number of hydrogen-bond acceptors (Lipinski definition) is 4. The van der Waals surface area contributed by atoms with E-state index in [-0.39, 0.29) is 18.8 Å². The number of hydrogen-bond donors (Lipinski definition) is 2. The summed E-state index contributed by atoms with van der Waals surface area (Å²) in [6, 6.07) is 19.9. The number of carbonyl (C=O) groups excluding carboxylic acids is 1. The Hall–Kier alpha value is -3.97. The number of amides is 1. The number of anilines is 1. The fourth-order valence-electron chi connectivity index (χ4n) is 3.21. The number of carbonyl (C=O) groups is 1. The van der Waals surface area contributed by atoms with Crippen LogP contribution in [0.15, 0.2) is 79.0 Å². The first kappa shape index (κ1) is 21.3. The molecule has 2 N–H and O–H groups in total. The van der Waals surface area contributed by atoms with Crippen LogP contribution in [-0.4, -0.2) is 21.0 Å². The van der Waals surface area contributed by atoms with Crippen molar-refractivity contribution in [1.82, 2.24) is 9.97 Å². The van der Waals surface area contributed by atoms with Crippen LogP contribution in [0.25, 0.3) is 22.5 Å². The third kappa shape index (κ3) is 4.84. The van der Waals surface area contributed by atoms with E-state index in [4.69, 9.17) is 4.98 Å². The molecule has 1 aromatic heterocycles. The molecular weight excluding hydrogens is 412 g/mol. The van der Waals surface area contributed by atoms with Gasteiger partial charge in [-0.2, -0.15) is 0 Å². The van der Waals surface area contributed by atoms with Crippen LogP contribution in [0.5, 0.6) is 0 Å². The summed E-state index contributed by atoms with van der Waals surface area (Å²) in [6.07, 6.45) is 1.41. The Morgan fingerprint density at radius 1 is 0.875 bits per heavy atom. The lowest BCUT2D eigenvalue weighted by Gasteiger charge is -2.12. The molecule has 5 nitrogen and oxygen atoms in total. The molecule has 3 aromatic carbocycles. The van der Waals surface area contributed by atoms with Gasteiger partial charge in [-0.25, -0.2) is 18.7 Å². The van der Waals surface area contributed by atoms with Gasteiger partial charge >= 0.3 is 0 Å². The maximum absolute atomic E-state index is 13.5. The lowest BCUT2D eigenvalue weighted by Crippen LogP contribution is -2.17. The second-order valence-electron chi connectivity index (χ2n) is 7.15. The zero-order valence-corrected chi connectivity index (χ0v) is 16.9. The van der Waals surface area contributed by atoms with E-state index in [9.17, 15) is 18.7 Å². The summed E-state index contributed by atoms with van der Waals surface area (Å²) in [7, 11) is 0. The van der Waals surface area contributed by atoms with Crippen molar-refractivity contribution in [3.05, 3.63) is 102 Å². The number of aliphatic hydroxyl groups excluding tert-OH is 1. The molecular formula is C25H19F2N3O2. The fourth-order valence-corrected chi connectivity index (χ4v) is 3.21. The number of rotatable bonds is 6. The van der Waals surface area contributed by atoms with Gasteiger partial charge in [-0.1, -0.05) is 60.7 Å². The Balaban J connectivity index is 1.64. The fraction of sp³-hybridized carbons (Fsp3) is 0.0800. The van der Waals surface area contributed by atoms with Gasteiger partial charge in [0.25, 0.3) is 0 Å². The molecule has 0 saturated heterocycles. The molecule has 0 saturated carbocycles. The molecule has 160 valence electrons. The van der Waals surface area contributed by atoms with Gasteiger partial charge < -0.3 is 10.4 Å². The van der Waals surface area contributed by atoms with Crippen molar-refractivity contribution in [3.8, 4) is 22.5 Å². The molecule has 0 aliphatic carbocycles. The Morgan fingerprint density at radius 3 is 2.28 bits per heavy atom. The molecule has 0 radical (unpaired) electrons. The van der Waals surface area contributed by atoms with Crippen LogP contribution >= 0.6 is 0 Å². The van der Waals surface area contributed by atoms with E-state index in [2.05, 4.69) is 10.3 Å². The summed E-state index contributed by atoms with van der Waals surface area (Å²) in [6.45, 7) is -0.0514. The van der Waals surface area contributed by atoms with Crippen molar-refractivity contribution < 1.29 is 18.7 Å². The largest absolute Gasteiger partial charge is 0.392 e. The van der Waals surface area contributed by atoms with Crippen LogP contribution in [-0.2, 0) is 17.8 Å². The summed E-state index contributed by atoms with van der Waals surface area (Å²) in [5.41, 5.74) is 3.78. The number of benzene rings is 3. The van der Waals surface area contributed by atoms with Crippen LogP contribution in [0.2, 0.25) is 0 Å². The predicted octanol–water partition coefficient (Wildman–Crippen LogP) is 4.76. The molecule has 1 heterocycles. The minimum Gasteiger partial charge on any atom is -0.392 e. The first-order valence-corrected chi connectivity index (χ1v) is 9.90. The van der Waals surface area contributed by atoms with Gasteiger partial charge in [0.05, 0.1) is 24.9 Å². The molecule has 32 heavy (non-hydrogen) atoms. The zero-order chi connectivity index (χ0) is 22.5. The van der Waals surface area contributed by atoms with Crippen LogP contribution in [0.1, 0.15) is 11.1 Å². The molecule has 1 amide bonds. The summed E-state index contributed by atoms with van der Waals surface area (Å²) in [5, 5.41) is 12.0. The first-order chi connectivity index (χ1) is 15.5. The van der Waals surface area contributed by atoms with Gasteiger partial charge in [0.15, 0.2) is 17.5 Å². The lowest BCUT2D eigenvalue weighted by atomic mass is 10.1. The molecule has 0 aliphatic heterocycles. The number of aromatic nitrogens is 2. The molecule has 0 fully saturated rings. The van der Waals surface area contributed by atoms with Gasteiger partial charge in [0, 0.05) is 11.1 Å². The maximum atomic E-state index is 13.5. The van der Waals surface area contributed by atoms with Crippen LogP contribution in [0.4, 0.5) is 14.6 Å². The smallest absolute Gasteiger partial charge is 0.230 e. The highest BCUT2D eigenvalue weighted by molar-refractivity contribution is 5.94. The number of nitrogens with zero attached hydrogens (tertiary/aromatic N) is 2. The average Bonchev–Trinajstić information content (AvgIpc) is 2.82. The number of aliphatic hydroxyl groups is 1. The quantitative estimate of drug-likeness (QED) is 0.462. The van der Waals surface area contributed by atoms with E-state index in [1.54, 1.807) is 18.3 Å². The third-order valence-corrected chi connectivity index (χ3v) is 4.86. The van der Waals surface area contributed by atoms with Crippen LogP contribution < -0.4 is 5.32 Å². The minimum atomic E-state index is -1.00. The van der Waals surface area contributed by atoms with Crippen molar-refractivity contribution in [2.45, 2.75) is 13.0 Å². The monoisotopic (exact) mass is 431 g/mol. The van der Waals surface area contributed by atoms with Crippen molar-refractivity contribution in [3.63, 3.8) is 0 Å². The third-order valence-electron chi connectivity index (χ3n) is 4.86. The average molecular weight is 431 g/mol. The Bertz CT molecular complexity index is 1250. The lowest BCUT2D eigenvalue weighted by molar-refractivity contribution is -0.115. The SMILES string of the molecule is O=C(Cc1ccc(F)c(F)c1)Nc1ncc(-c2ccc(CO)cc2)nc1-c1ccccc1. The Morgan fingerprint density at radius 2 is 1.59 bits per heavy atom. The molecule has 4 rings (SSSR count). The summed E-state index contributed by atoms with van der Waals surface area (Å²) < 4.78 is 26.6. The van der Waals surface area contributed by atoms with Crippen molar-refractivity contribution >= 4 is 11.7 Å². The summed E-state index contributed by atoms with van der Waals surface area (Å²) in [4.78, 5) is 21.7. The molecule has 0 spiro atoms. The highest BCUT2D eigenvalue weighted by atomic mass is 19.2. The molecule has 7 heteroatoms. The number of nitrogens with one attached hydrogen (secondary N) is 1. The number of halogens is 2. The van der Waals surface area contributed by atoms with Gasteiger partial charge in [-0.05, 0) is 23.3 Å². The highest BCUT2D eigenvalue weighted by Gasteiger charge is 2.15. The summed E-state index contributed by atoms with van der Waals surface area (Å²) >= 11 is 0. The highest BCUT2D eigenvalue weighted by Crippen LogP contribution is 2.28. The van der Waals surface area contributed by atoms with Gasteiger partial charge in [0.1, 0.15) is 5.69 Å². The Labute approximate surface area is 183 Å². The summed E-state index contributed by atoms with van der Waals surface area (Å²) in [5.74, 6) is -2.13. The van der Waals surface area contributed by atoms with Crippen molar-refractivity contribution in [1.29, 1.82) is 0 Å². The normalized spacial score (nSPS) is 10.7. The van der Waals surface area contributed by atoms with E-state index < -0.39 is 17.5 Å². The predicted molar refractivity (Wildman–Crippen MR) is 118 cm³/mol. The van der Waals surface area contributed by atoms with Crippen molar-refractivity contribution in [2.75, 3.05) is 5.32 Å². The van der Waals surface area contributed by atoms with Crippen LogP contribution in [0.3, 0.4) is 0 Å². The zero-order valence-electron chi connectivity index (χ0n) is 16.9. The van der Waals surface area contributed by atoms with Gasteiger partial charge in [-0.3, -0.25) is 4.79 Å². The van der Waals surface area contributed by atoms with E-state index in [1.807, 2.05) is 42.5 Å². The topological polar surface area (TPSA) is 75.1 Å². The molecule has 0 aliphatic rings. The van der Waals surface area contributed by atoms with E-state index in [1.165, 1.54) is 6.07 Å². The minimum absolute atomic E-state index is 0.0514. The standard InChI is InChI=1S/C25H19F2N3O2/c26-20-11-8-17(12-21(20)27)13-23(32)30-25-24(19-4-2-1-3-5-19)29-22(14-28-25)18-9-6-16(15-31)7-10-18/h1-12,14,31H,13,15H2,(H,28,30,32). The Kier molecular flexibility index (Phi) is 6.28. The van der Waals surface area contributed by atoms with E-state index in [0.29, 0.717) is 17.0 Å². The second-order valence-corrected chi connectivity index (χ2v) is 7.15. The maximum Gasteiger partial charge on any atom is 0.230 e. The van der Waals surface area contributed by atoms with Gasteiger partial charge in [0.2, 0.25) is 5.91 Å². The molecule has 0 bridgehead atoms. The van der Waals surface area contributed by atoms with E-state index in [0.717, 1.165) is 28.8 Å². The molecule has 0 atom stereocenters. The van der Waals surface area contributed by atoms with Crippen molar-refractivity contribution in [2.24, 2.45) is 0 Å². The van der Waals surface area contributed by atoms with E-state index >= 15 is 0 Å².